The fourth-order valence-corrected chi connectivity index (χ4v) is 2.28. The van der Waals surface area contributed by atoms with Gasteiger partial charge in [0.1, 0.15) is 0 Å². The van der Waals surface area contributed by atoms with Gasteiger partial charge in [0.2, 0.25) is 5.76 Å². The van der Waals surface area contributed by atoms with Crippen LogP contribution in [0.4, 0.5) is 0 Å². The van der Waals surface area contributed by atoms with Gasteiger partial charge in [0.25, 0.3) is 0 Å². The van der Waals surface area contributed by atoms with Crippen molar-refractivity contribution in [1.29, 1.82) is 0 Å². The average molecular weight is 272 g/mol. The van der Waals surface area contributed by atoms with Crippen molar-refractivity contribution in [3.8, 4) is 0 Å². The molecule has 0 radical (unpaired) electrons. The Bertz CT molecular complexity index is 754. The van der Waals surface area contributed by atoms with Crippen molar-refractivity contribution in [2.24, 2.45) is 0 Å². The lowest BCUT2D eigenvalue weighted by molar-refractivity contribution is 0.0656. The molecule has 0 aliphatic rings. The quantitative estimate of drug-likeness (QED) is 0.738. The topological polar surface area (TPSA) is 76.2 Å². The largest absolute Gasteiger partial charge is 0.475 e. The van der Waals surface area contributed by atoms with Crippen molar-refractivity contribution in [3.05, 3.63) is 48.4 Å². The summed E-state index contributed by atoms with van der Waals surface area (Å²) >= 11 is 1.19. The number of furan rings is 1. The standard InChI is InChI=1S/C13H8N2O3S/c16-12(17)10-5-6-11(18-10)19-13-14-7-8-3-1-2-4-9(8)15-13/h1-7H,(H,16,17). The molecular formula is C13H8N2O3S. The molecule has 1 aromatic carbocycles. The summed E-state index contributed by atoms with van der Waals surface area (Å²) in [4.78, 5) is 19.3. The van der Waals surface area contributed by atoms with E-state index in [1.807, 2.05) is 24.3 Å². The Morgan fingerprint density at radius 3 is 2.84 bits per heavy atom. The van der Waals surface area contributed by atoms with Crippen LogP contribution < -0.4 is 0 Å². The van der Waals surface area contributed by atoms with Crippen LogP contribution in [0.1, 0.15) is 10.6 Å². The number of carboxylic acid groups (broad SMARTS) is 1. The minimum Gasteiger partial charge on any atom is -0.475 e. The zero-order valence-electron chi connectivity index (χ0n) is 9.61. The van der Waals surface area contributed by atoms with E-state index in [0.29, 0.717) is 10.2 Å². The lowest BCUT2D eigenvalue weighted by atomic mass is 10.2. The first-order valence-corrected chi connectivity index (χ1v) is 6.27. The van der Waals surface area contributed by atoms with Crippen molar-refractivity contribution in [2.45, 2.75) is 10.2 Å². The number of rotatable bonds is 3. The summed E-state index contributed by atoms with van der Waals surface area (Å²) in [5, 5.41) is 10.7. The highest BCUT2D eigenvalue weighted by Gasteiger charge is 2.11. The molecule has 3 rings (SSSR count). The first kappa shape index (κ1) is 11.7. The van der Waals surface area contributed by atoms with E-state index in [1.54, 1.807) is 12.3 Å². The van der Waals surface area contributed by atoms with Crippen LogP contribution >= 0.6 is 11.8 Å². The fraction of sp³-hybridized carbons (Fsp3) is 0. The number of benzene rings is 1. The first-order chi connectivity index (χ1) is 9.22. The summed E-state index contributed by atoms with van der Waals surface area (Å²) in [6.45, 7) is 0. The Morgan fingerprint density at radius 1 is 1.21 bits per heavy atom. The molecule has 0 unspecified atom stereocenters. The predicted molar refractivity (Wildman–Crippen MR) is 69.3 cm³/mol. The third-order valence-electron chi connectivity index (χ3n) is 2.45. The second-order valence-corrected chi connectivity index (χ2v) is 4.71. The smallest absolute Gasteiger partial charge is 0.371 e. The molecule has 2 aromatic heterocycles. The van der Waals surface area contributed by atoms with Gasteiger partial charge in [-0.25, -0.2) is 14.8 Å². The van der Waals surface area contributed by atoms with E-state index in [1.165, 1.54) is 17.8 Å². The monoisotopic (exact) mass is 272 g/mol. The molecule has 0 aliphatic carbocycles. The maximum atomic E-state index is 10.7. The number of carboxylic acids is 1. The molecule has 3 aromatic rings. The molecule has 0 bridgehead atoms. The van der Waals surface area contributed by atoms with Gasteiger partial charge in [-0.05, 0) is 30.0 Å². The Balaban J connectivity index is 1.89. The van der Waals surface area contributed by atoms with Crippen molar-refractivity contribution in [2.75, 3.05) is 0 Å². The van der Waals surface area contributed by atoms with Crippen molar-refractivity contribution in [3.63, 3.8) is 0 Å². The zero-order chi connectivity index (χ0) is 13.2. The van der Waals surface area contributed by atoms with E-state index in [2.05, 4.69) is 9.97 Å². The number of aromatic carboxylic acids is 1. The van der Waals surface area contributed by atoms with E-state index < -0.39 is 5.97 Å². The summed E-state index contributed by atoms with van der Waals surface area (Å²) in [7, 11) is 0. The van der Waals surface area contributed by atoms with Gasteiger partial charge in [0, 0.05) is 11.6 Å². The van der Waals surface area contributed by atoms with E-state index in [9.17, 15) is 4.79 Å². The van der Waals surface area contributed by atoms with E-state index in [0.717, 1.165) is 10.9 Å². The molecule has 2 heterocycles. The third kappa shape index (κ3) is 2.43. The molecule has 5 nitrogen and oxygen atoms in total. The number of para-hydroxylation sites is 1. The summed E-state index contributed by atoms with van der Waals surface area (Å²) in [5.41, 5.74) is 0.838. The van der Waals surface area contributed by atoms with Crippen LogP contribution in [0, 0.1) is 0 Å². The number of carbonyl (C=O) groups is 1. The maximum Gasteiger partial charge on any atom is 0.371 e. The molecule has 94 valence electrons. The van der Waals surface area contributed by atoms with Gasteiger partial charge < -0.3 is 9.52 Å². The maximum absolute atomic E-state index is 10.7. The van der Waals surface area contributed by atoms with Crippen molar-refractivity contribution in [1.82, 2.24) is 9.97 Å². The highest BCUT2D eigenvalue weighted by Crippen LogP contribution is 2.27. The molecule has 1 N–H and O–H groups in total. The summed E-state index contributed by atoms with van der Waals surface area (Å²) in [5.74, 6) is -1.19. The highest BCUT2D eigenvalue weighted by molar-refractivity contribution is 7.99. The summed E-state index contributed by atoms with van der Waals surface area (Å²) in [6.07, 6.45) is 1.73. The normalized spacial score (nSPS) is 10.7. The van der Waals surface area contributed by atoms with E-state index in [4.69, 9.17) is 9.52 Å². The molecular weight excluding hydrogens is 264 g/mol. The van der Waals surface area contributed by atoms with Crippen LogP contribution in [-0.2, 0) is 0 Å². The average Bonchev–Trinajstić information content (AvgIpc) is 2.87. The number of hydrogen-bond donors (Lipinski definition) is 1. The fourth-order valence-electron chi connectivity index (χ4n) is 1.58. The number of aromatic nitrogens is 2. The van der Waals surface area contributed by atoms with Crippen molar-refractivity contribution < 1.29 is 14.3 Å². The molecule has 0 fully saturated rings. The molecule has 0 spiro atoms. The molecule has 6 heteroatoms. The number of nitrogens with zero attached hydrogens (tertiary/aromatic N) is 2. The molecule has 0 atom stereocenters. The van der Waals surface area contributed by atoms with Gasteiger partial charge in [-0.3, -0.25) is 0 Å². The minimum absolute atomic E-state index is 0.0942. The van der Waals surface area contributed by atoms with E-state index in [-0.39, 0.29) is 5.76 Å². The number of fused-ring (bicyclic) bond motifs is 1. The zero-order valence-corrected chi connectivity index (χ0v) is 10.4. The van der Waals surface area contributed by atoms with Gasteiger partial charge in [-0.2, -0.15) is 0 Å². The molecule has 0 amide bonds. The molecule has 0 saturated heterocycles. The first-order valence-electron chi connectivity index (χ1n) is 5.45. The van der Waals surface area contributed by atoms with Crippen LogP contribution in [0.25, 0.3) is 10.9 Å². The number of hydrogen-bond acceptors (Lipinski definition) is 5. The lowest BCUT2D eigenvalue weighted by Gasteiger charge is -1.99. The van der Waals surface area contributed by atoms with Crippen molar-refractivity contribution >= 4 is 28.6 Å². The molecule has 0 saturated carbocycles. The van der Waals surface area contributed by atoms with Gasteiger partial charge in [0.15, 0.2) is 10.2 Å². The Labute approximate surface area is 112 Å². The SMILES string of the molecule is O=C(O)c1ccc(Sc2ncc3ccccc3n2)o1. The summed E-state index contributed by atoms with van der Waals surface area (Å²) in [6, 6.07) is 10.6. The second-order valence-electron chi connectivity index (χ2n) is 3.74. The van der Waals surface area contributed by atoms with Crippen LogP contribution in [0.15, 0.2) is 57.3 Å². The summed E-state index contributed by atoms with van der Waals surface area (Å²) < 4.78 is 5.14. The lowest BCUT2D eigenvalue weighted by Crippen LogP contribution is -1.91. The predicted octanol–water partition coefficient (Wildman–Crippen LogP) is 3.07. The van der Waals surface area contributed by atoms with Gasteiger partial charge in [0.05, 0.1) is 5.52 Å². The van der Waals surface area contributed by atoms with Gasteiger partial charge in [-0.1, -0.05) is 18.2 Å². The Kier molecular flexibility index (Phi) is 2.92. The van der Waals surface area contributed by atoms with E-state index >= 15 is 0 Å². The van der Waals surface area contributed by atoms with Crippen LogP contribution in [-0.4, -0.2) is 21.0 Å². The van der Waals surface area contributed by atoms with Crippen LogP contribution in [0.5, 0.6) is 0 Å². The molecule has 0 aliphatic heterocycles. The minimum atomic E-state index is -1.09. The third-order valence-corrected chi connectivity index (χ3v) is 3.25. The molecule has 19 heavy (non-hydrogen) atoms. The highest BCUT2D eigenvalue weighted by atomic mass is 32.2. The van der Waals surface area contributed by atoms with Crippen LogP contribution in [0.2, 0.25) is 0 Å². The van der Waals surface area contributed by atoms with Gasteiger partial charge >= 0.3 is 5.97 Å². The second kappa shape index (κ2) is 4.74. The van der Waals surface area contributed by atoms with Gasteiger partial charge in [-0.15, -0.1) is 0 Å². The Hall–Kier alpha value is -2.34. The van der Waals surface area contributed by atoms with Crippen LogP contribution in [0.3, 0.4) is 0 Å². The Morgan fingerprint density at radius 2 is 2.05 bits per heavy atom.